The lowest BCUT2D eigenvalue weighted by molar-refractivity contribution is -0.121. The molecule has 128 valence electrons. The van der Waals surface area contributed by atoms with Crippen LogP contribution < -0.4 is 15.5 Å². The van der Waals surface area contributed by atoms with Crippen LogP contribution in [0.1, 0.15) is 0 Å². The minimum Gasteiger partial charge on any atom is -0.378 e. The number of carbonyl (C=O) groups is 1. The Kier molecular flexibility index (Phi) is 5.51. The number of rotatable bonds is 7. The summed E-state index contributed by atoms with van der Waals surface area (Å²) in [6.45, 7) is 4.35. The Morgan fingerprint density at radius 1 is 1.29 bits per heavy atom. The average Bonchev–Trinajstić information content (AvgIpc) is 3.13. The van der Waals surface area contributed by atoms with Crippen molar-refractivity contribution in [3.8, 4) is 0 Å². The number of morpholine rings is 1. The maximum atomic E-state index is 11.7. The lowest BCUT2D eigenvalue weighted by atomic mass is 10.3. The molecule has 2 aromatic heterocycles. The van der Waals surface area contributed by atoms with E-state index >= 15 is 0 Å². The molecule has 0 saturated carbocycles. The normalized spacial score (nSPS) is 14.4. The summed E-state index contributed by atoms with van der Waals surface area (Å²) in [4.78, 5) is 17.7. The van der Waals surface area contributed by atoms with Gasteiger partial charge in [-0.25, -0.2) is 9.67 Å². The lowest BCUT2D eigenvalue weighted by Gasteiger charge is -2.28. The van der Waals surface area contributed by atoms with Gasteiger partial charge in [-0.3, -0.25) is 4.79 Å². The zero-order valence-electron chi connectivity index (χ0n) is 13.3. The maximum Gasteiger partial charge on any atom is 0.241 e. The first-order valence-electron chi connectivity index (χ1n) is 7.80. The Hall–Kier alpha value is -2.75. The standard InChI is InChI=1S/C14H20N8O2/c23-14(9-22-11-15-10-19-22)17-2-1-16-13-7-12(8-18-20-13)21-3-5-24-6-4-21/h7-8,10-11H,1-6,9H2,(H,16,20)(H,17,23). The van der Waals surface area contributed by atoms with E-state index in [1.54, 1.807) is 6.20 Å². The van der Waals surface area contributed by atoms with Crippen LogP contribution in [0.4, 0.5) is 11.5 Å². The summed E-state index contributed by atoms with van der Waals surface area (Å²) in [5, 5.41) is 17.9. The summed E-state index contributed by atoms with van der Waals surface area (Å²) in [6.07, 6.45) is 4.65. The molecule has 0 spiro atoms. The van der Waals surface area contributed by atoms with Crippen LogP contribution in [0.2, 0.25) is 0 Å². The first-order chi connectivity index (χ1) is 11.8. The number of nitrogens with one attached hydrogen (secondary N) is 2. The summed E-state index contributed by atoms with van der Waals surface area (Å²) < 4.78 is 6.82. The molecular weight excluding hydrogens is 312 g/mol. The van der Waals surface area contributed by atoms with E-state index in [-0.39, 0.29) is 12.5 Å². The van der Waals surface area contributed by atoms with Gasteiger partial charge in [0.2, 0.25) is 5.91 Å². The van der Waals surface area contributed by atoms with Crippen LogP contribution in [0.3, 0.4) is 0 Å². The molecule has 2 N–H and O–H groups in total. The summed E-state index contributed by atoms with van der Waals surface area (Å²) in [5.41, 5.74) is 1.02. The molecule has 1 aliphatic rings. The van der Waals surface area contributed by atoms with Gasteiger partial charge in [0, 0.05) is 32.2 Å². The largest absolute Gasteiger partial charge is 0.378 e. The van der Waals surface area contributed by atoms with Crippen molar-refractivity contribution in [2.45, 2.75) is 6.54 Å². The van der Waals surface area contributed by atoms with Crippen LogP contribution in [-0.4, -0.2) is 70.3 Å². The average molecular weight is 332 g/mol. The van der Waals surface area contributed by atoms with Crippen LogP contribution in [-0.2, 0) is 16.1 Å². The van der Waals surface area contributed by atoms with E-state index in [0.29, 0.717) is 18.9 Å². The molecule has 1 saturated heterocycles. The van der Waals surface area contributed by atoms with Crippen molar-refractivity contribution in [2.24, 2.45) is 0 Å². The number of ether oxygens (including phenoxy) is 1. The molecule has 10 nitrogen and oxygen atoms in total. The molecule has 0 aromatic carbocycles. The monoisotopic (exact) mass is 332 g/mol. The van der Waals surface area contributed by atoms with Crippen LogP contribution in [0.5, 0.6) is 0 Å². The van der Waals surface area contributed by atoms with E-state index in [1.807, 2.05) is 6.07 Å². The number of amides is 1. The van der Waals surface area contributed by atoms with Gasteiger partial charge in [0.05, 0.1) is 25.1 Å². The molecule has 0 aliphatic carbocycles. The molecule has 1 fully saturated rings. The summed E-state index contributed by atoms with van der Waals surface area (Å²) in [5.74, 6) is 0.569. The van der Waals surface area contributed by atoms with Gasteiger partial charge in [-0.15, -0.1) is 5.10 Å². The molecule has 0 bridgehead atoms. The highest BCUT2D eigenvalue weighted by Gasteiger charge is 2.12. The van der Waals surface area contributed by atoms with Gasteiger partial charge in [-0.05, 0) is 0 Å². The highest BCUT2D eigenvalue weighted by Crippen LogP contribution is 2.16. The zero-order valence-corrected chi connectivity index (χ0v) is 13.3. The third-order valence-corrected chi connectivity index (χ3v) is 3.54. The van der Waals surface area contributed by atoms with E-state index in [4.69, 9.17) is 4.74 Å². The van der Waals surface area contributed by atoms with Gasteiger partial charge in [-0.1, -0.05) is 0 Å². The second kappa shape index (κ2) is 8.20. The van der Waals surface area contributed by atoms with E-state index in [9.17, 15) is 4.79 Å². The van der Waals surface area contributed by atoms with Crippen molar-refractivity contribution < 1.29 is 9.53 Å². The van der Waals surface area contributed by atoms with Gasteiger partial charge in [-0.2, -0.15) is 10.2 Å². The van der Waals surface area contributed by atoms with Crippen molar-refractivity contribution in [3.05, 3.63) is 24.9 Å². The lowest BCUT2D eigenvalue weighted by Crippen LogP contribution is -2.36. The van der Waals surface area contributed by atoms with Crippen molar-refractivity contribution in [3.63, 3.8) is 0 Å². The highest BCUT2D eigenvalue weighted by molar-refractivity contribution is 5.75. The van der Waals surface area contributed by atoms with Crippen molar-refractivity contribution in [1.82, 2.24) is 30.3 Å². The Morgan fingerprint density at radius 2 is 2.17 bits per heavy atom. The first-order valence-corrected chi connectivity index (χ1v) is 7.80. The first kappa shape index (κ1) is 16.1. The van der Waals surface area contributed by atoms with E-state index in [0.717, 1.165) is 32.0 Å². The number of nitrogens with zero attached hydrogens (tertiary/aromatic N) is 6. The van der Waals surface area contributed by atoms with Gasteiger partial charge < -0.3 is 20.3 Å². The van der Waals surface area contributed by atoms with Gasteiger partial charge >= 0.3 is 0 Å². The van der Waals surface area contributed by atoms with E-state index in [2.05, 4.69) is 35.8 Å². The fraction of sp³-hybridized carbons (Fsp3) is 0.500. The Bertz CT molecular complexity index is 642. The summed E-state index contributed by atoms with van der Waals surface area (Å²) in [6, 6.07) is 1.95. The smallest absolute Gasteiger partial charge is 0.241 e. The topological polar surface area (TPSA) is 110 Å². The number of carbonyl (C=O) groups excluding carboxylic acids is 1. The fourth-order valence-corrected chi connectivity index (χ4v) is 2.35. The highest BCUT2D eigenvalue weighted by atomic mass is 16.5. The SMILES string of the molecule is O=C(Cn1cncn1)NCCNc1cc(N2CCOCC2)cnn1. The van der Waals surface area contributed by atoms with E-state index < -0.39 is 0 Å². The predicted octanol–water partition coefficient (Wildman–Crippen LogP) is -0.867. The molecule has 1 amide bonds. The second-order valence-electron chi connectivity index (χ2n) is 5.27. The molecule has 0 atom stereocenters. The molecule has 1 aliphatic heterocycles. The Balaban J connectivity index is 1.40. The molecule has 3 rings (SSSR count). The van der Waals surface area contributed by atoms with E-state index in [1.165, 1.54) is 17.3 Å². The second-order valence-corrected chi connectivity index (χ2v) is 5.27. The van der Waals surface area contributed by atoms with Crippen molar-refractivity contribution in [1.29, 1.82) is 0 Å². The predicted molar refractivity (Wildman–Crippen MR) is 86.6 cm³/mol. The minimum atomic E-state index is -0.115. The molecule has 0 radical (unpaired) electrons. The number of aromatic nitrogens is 5. The molecule has 10 heteroatoms. The van der Waals surface area contributed by atoms with Crippen LogP contribution >= 0.6 is 0 Å². The third kappa shape index (κ3) is 4.62. The van der Waals surface area contributed by atoms with Crippen LogP contribution in [0, 0.1) is 0 Å². The van der Waals surface area contributed by atoms with Crippen LogP contribution in [0.15, 0.2) is 24.9 Å². The number of hydrogen-bond donors (Lipinski definition) is 2. The van der Waals surface area contributed by atoms with Gasteiger partial charge in [0.15, 0.2) is 5.82 Å². The third-order valence-electron chi connectivity index (χ3n) is 3.54. The summed E-state index contributed by atoms with van der Waals surface area (Å²) in [7, 11) is 0. The maximum absolute atomic E-state index is 11.7. The minimum absolute atomic E-state index is 0.115. The fourth-order valence-electron chi connectivity index (χ4n) is 2.35. The van der Waals surface area contributed by atoms with Crippen molar-refractivity contribution >= 4 is 17.4 Å². The molecule has 3 heterocycles. The molecular formula is C14H20N8O2. The Morgan fingerprint density at radius 3 is 2.96 bits per heavy atom. The molecule has 2 aromatic rings. The van der Waals surface area contributed by atoms with Gasteiger partial charge in [0.1, 0.15) is 19.2 Å². The zero-order chi connectivity index (χ0) is 16.6. The molecule has 24 heavy (non-hydrogen) atoms. The number of anilines is 2. The summed E-state index contributed by atoms with van der Waals surface area (Å²) >= 11 is 0. The van der Waals surface area contributed by atoms with Crippen molar-refractivity contribution in [2.75, 3.05) is 49.6 Å². The Labute approximate surface area is 139 Å². The number of hydrogen-bond acceptors (Lipinski definition) is 8. The van der Waals surface area contributed by atoms with Gasteiger partial charge in [0.25, 0.3) is 0 Å². The quantitative estimate of drug-likeness (QED) is 0.630. The van der Waals surface area contributed by atoms with Crippen LogP contribution in [0.25, 0.3) is 0 Å². The molecule has 0 unspecified atom stereocenters.